The molecule has 5 heteroatoms. The van der Waals surface area contributed by atoms with Crippen molar-refractivity contribution in [1.29, 1.82) is 0 Å². The van der Waals surface area contributed by atoms with Crippen LogP contribution in [0, 0.1) is 0 Å². The zero-order chi connectivity index (χ0) is 16.4. The molecule has 23 heavy (non-hydrogen) atoms. The predicted molar refractivity (Wildman–Crippen MR) is 94.3 cm³/mol. The van der Waals surface area contributed by atoms with Gasteiger partial charge < -0.3 is 15.3 Å². The number of carbonyl (C=O) groups is 1. The molecule has 0 radical (unpaired) electrons. The van der Waals surface area contributed by atoms with Crippen molar-refractivity contribution in [2.75, 3.05) is 25.5 Å². The van der Waals surface area contributed by atoms with Gasteiger partial charge in [0.25, 0.3) is 5.91 Å². The van der Waals surface area contributed by atoms with Crippen molar-refractivity contribution < 1.29 is 9.90 Å². The Kier molecular flexibility index (Phi) is 4.41. The molecule has 3 rings (SSSR count). The number of carbonyl (C=O) groups excluding carboxylic acids is 1. The number of thiophene rings is 1. The number of aliphatic hydroxyl groups is 1. The highest BCUT2D eigenvalue weighted by molar-refractivity contribution is 7.10. The minimum Gasteiger partial charge on any atom is -0.383 e. The fourth-order valence-electron chi connectivity index (χ4n) is 3.06. The van der Waals surface area contributed by atoms with Crippen LogP contribution in [0.3, 0.4) is 0 Å². The van der Waals surface area contributed by atoms with Crippen LogP contribution in [-0.2, 0) is 12.0 Å². The quantitative estimate of drug-likeness (QED) is 0.906. The van der Waals surface area contributed by atoms with Gasteiger partial charge in [-0.15, -0.1) is 11.3 Å². The Labute approximate surface area is 140 Å². The first-order chi connectivity index (χ1) is 11.0. The van der Waals surface area contributed by atoms with Crippen LogP contribution in [-0.4, -0.2) is 31.7 Å². The summed E-state index contributed by atoms with van der Waals surface area (Å²) in [5.41, 5.74) is 1.63. The largest absolute Gasteiger partial charge is 0.383 e. The topological polar surface area (TPSA) is 52.6 Å². The van der Waals surface area contributed by atoms with Crippen molar-refractivity contribution in [3.05, 3.63) is 51.7 Å². The number of amides is 1. The fourth-order valence-corrected chi connectivity index (χ4v) is 4.08. The van der Waals surface area contributed by atoms with Crippen molar-refractivity contribution >= 4 is 22.9 Å². The number of nitrogens with zero attached hydrogens (tertiary/aromatic N) is 1. The summed E-state index contributed by atoms with van der Waals surface area (Å²) in [5.74, 6) is -0.149. The fraction of sp³-hybridized carbons (Fsp3) is 0.389. The summed E-state index contributed by atoms with van der Waals surface area (Å²) in [7, 11) is 3.89. The van der Waals surface area contributed by atoms with Crippen molar-refractivity contribution in [2.45, 2.75) is 24.9 Å². The first kappa shape index (κ1) is 16.0. The van der Waals surface area contributed by atoms with Gasteiger partial charge in [-0.05, 0) is 54.5 Å². The third kappa shape index (κ3) is 3.26. The van der Waals surface area contributed by atoms with Gasteiger partial charge in [-0.25, -0.2) is 0 Å². The van der Waals surface area contributed by atoms with Crippen molar-refractivity contribution in [1.82, 2.24) is 5.32 Å². The summed E-state index contributed by atoms with van der Waals surface area (Å²) >= 11 is 1.69. The van der Waals surface area contributed by atoms with Crippen LogP contribution in [0.5, 0.6) is 0 Å². The van der Waals surface area contributed by atoms with E-state index in [0.29, 0.717) is 12.0 Å². The molecule has 1 aliphatic rings. The molecule has 1 unspecified atom stereocenters. The van der Waals surface area contributed by atoms with E-state index in [2.05, 4.69) is 5.32 Å². The number of hydrogen-bond donors (Lipinski definition) is 2. The van der Waals surface area contributed by atoms with Crippen LogP contribution >= 0.6 is 11.3 Å². The van der Waals surface area contributed by atoms with E-state index in [4.69, 9.17) is 0 Å². The summed E-state index contributed by atoms with van der Waals surface area (Å²) in [6.07, 6.45) is 2.67. The lowest BCUT2D eigenvalue weighted by Crippen LogP contribution is -2.42. The second-order valence-electron chi connectivity index (χ2n) is 6.27. The van der Waals surface area contributed by atoms with Gasteiger partial charge >= 0.3 is 0 Å². The Morgan fingerprint density at radius 2 is 2.22 bits per heavy atom. The maximum Gasteiger partial charge on any atom is 0.251 e. The van der Waals surface area contributed by atoms with Crippen LogP contribution in [0.15, 0.2) is 35.7 Å². The van der Waals surface area contributed by atoms with Gasteiger partial charge in [0.15, 0.2) is 0 Å². The molecule has 4 nitrogen and oxygen atoms in total. The lowest BCUT2D eigenvalue weighted by molar-refractivity contribution is 0.0197. The zero-order valence-corrected chi connectivity index (χ0v) is 14.3. The smallest absolute Gasteiger partial charge is 0.251 e. The monoisotopic (exact) mass is 330 g/mol. The molecule has 1 aliphatic carbocycles. The molecule has 2 aromatic rings. The maximum atomic E-state index is 12.4. The Morgan fingerprint density at radius 1 is 1.39 bits per heavy atom. The number of benzene rings is 1. The van der Waals surface area contributed by atoms with Gasteiger partial charge in [0.1, 0.15) is 5.60 Å². The van der Waals surface area contributed by atoms with Crippen molar-refractivity contribution in [3.63, 3.8) is 0 Å². The molecule has 0 saturated carbocycles. The van der Waals surface area contributed by atoms with Crippen molar-refractivity contribution in [3.8, 4) is 0 Å². The zero-order valence-electron chi connectivity index (χ0n) is 13.5. The average molecular weight is 330 g/mol. The van der Waals surface area contributed by atoms with E-state index in [1.807, 2.05) is 48.6 Å². The van der Waals surface area contributed by atoms with Crippen LogP contribution in [0.25, 0.3) is 0 Å². The first-order valence-corrected chi connectivity index (χ1v) is 8.72. The summed E-state index contributed by atoms with van der Waals surface area (Å²) in [6, 6.07) is 9.47. The Morgan fingerprint density at radius 3 is 3.00 bits per heavy atom. The van der Waals surface area contributed by atoms with Gasteiger partial charge in [0.2, 0.25) is 0 Å². The number of anilines is 1. The molecule has 0 saturated heterocycles. The number of rotatable bonds is 4. The van der Waals surface area contributed by atoms with Crippen LogP contribution < -0.4 is 10.2 Å². The molecular formula is C18H22N2O2S. The van der Waals surface area contributed by atoms with Crippen LogP contribution in [0.1, 0.15) is 33.6 Å². The van der Waals surface area contributed by atoms with E-state index >= 15 is 0 Å². The second kappa shape index (κ2) is 6.34. The predicted octanol–water partition coefficient (Wildman–Crippen LogP) is 2.77. The molecule has 122 valence electrons. The summed E-state index contributed by atoms with van der Waals surface area (Å²) < 4.78 is 0. The third-order valence-corrected chi connectivity index (χ3v) is 5.39. The van der Waals surface area contributed by atoms with Crippen LogP contribution in [0.4, 0.5) is 5.69 Å². The standard InChI is InChI=1S/C18H22N2O2S/c1-20(2)14-6-3-5-13(11-14)17(21)19-12-18(22)9-4-7-16-15(18)8-10-23-16/h3,5-6,8,10-11,22H,4,7,9,12H2,1-2H3,(H,19,21). The number of fused-ring (bicyclic) bond motifs is 1. The molecule has 0 bridgehead atoms. The molecule has 0 aliphatic heterocycles. The lowest BCUT2D eigenvalue weighted by atomic mass is 9.83. The van der Waals surface area contributed by atoms with Crippen LogP contribution in [0.2, 0.25) is 0 Å². The van der Waals surface area contributed by atoms with Gasteiger partial charge in [0.05, 0.1) is 6.54 Å². The van der Waals surface area contributed by atoms with Gasteiger partial charge in [-0.2, -0.15) is 0 Å². The molecule has 1 heterocycles. The number of aryl methyl sites for hydroxylation is 1. The van der Waals surface area contributed by atoms with Gasteiger partial charge in [-0.3, -0.25) is 4.79 Å². The highest BCUT2D eigenvalue weighted by atomic mass is 32.1. The summed E-state index contributed by atoms with van der Waals surface area (Å²) in [5, 5.41) is 15.9. The maximum absolute atomic E-state index is 12.4. The molecule has 1 atom stereocenters. The number of hydrogen-bond acceptors (Lipinski definition) is 4. The third-order valence-electron chi connectivity index (χ3n) is 4.41. The van der Waals surface area contributed by atoms with Gasteiger partial charge in [0, 0.05) is 30.2 Å². The molecule has 0 spiro atoms. The Bertz CT molecular complexity index is 711. The van der Waals surface area contributed by atoms with E-state index in [1.165, 1.54) is 4.88 Å². The Hall–Kier alpha value is -1.85. The van der Waals surface area contributed by atoms with E-state index in [0.717, 1.165) is 24.1 Å². The first-order valence-electron chi connectivity index (χ1n) is 7.84. The number of nitrogens with one attached hydrogen (secondary N) is 1. The average Bonchev–Trinajstić information content (AvgIpc) is 3.03. The molecule has 1 amide bonds. The lowest BCUT2D eigenvalue weighted by Gasteiger charge is -2.32. The minimum absolute atomic E-state index is 0.149. The molecule has 1 aromatic carbocycles. The van der Waals surface area contributed by atoms with Crippen molar-refractivity contribution in [2.24, 2.45) is 0 Å². The molecule has 1 aromatic heterocycles. The molecule has 2 N–H and O–H groups in total. The second-order valence-corrected chi connectivity index (χ2v) is 7.27. The minimum atomic E-state index is -0.942. The SMILES string of the molecule is CN(C)c1cccc(C(=O)NCC2(O)CCCc3sccc32)c1. The van der Waals surface area contributed by atoms with E-state index < -0.39 is 5.60 Å². The molecule has 0 fully saturated rings. The molecular weight excluding hydrogens is 308 g/mol. The summed E-state index contributed by atoms with van der Waals surface area (Å²) in [4.78, 5) is 15.6. The summed E-state index contributed by atoms with van der Waals surface area (Å²) in [6.45, 7) is 0.252. The Balaban J connectivity index is 1.72. The van der Waals surface area contributed by atoms with E-state index in [-0.39, 0.29) is 12.5 Å². The van der Waals surface area contributed by atoms with E-state index in [1.54, 1.807) is 17.4 Å². The van der Waals surface area contributed by atoms with Gasteiger partial charge in [-0.1, -0.05) is 6.07 Å². The highest BCUT2D eigenvalue weighted by Gasteiger charge is 2.35. The highest BCUT2D eigenvalue weighted by Crippen LogP contribution is 2.37. The normalized spacial score (nSPS) is 20.0. The van der Waals surface area contributed by atoms with E-state index in [9.17, 15) is 9.90 Å².